The lowest BCUT2D eigenvalue weighted by Gasteiger charge is -2.05. The van der Waals surface area contributed by atoms with Gasteiger partial charge in [-0.1, -0.05) is 0 Å². The van der Waals surface area contributed by atoms with Crippen LogP contribution in [-0.4, -0.2) is 25.6 Å². The van der Waals surface area contributed by atoms with Crippen molar-refractivity contribution in [3.63, 3.8) is 0 Å². The quantitative estimate of drug-likeness (QED) is 0.898. The maximum atomic E-state index is 11.0. The van der Waals surface area contributed by atoms with Crippen molar-refractivity contribution in [2.45, 2.75) is 37.6 Å². The third-order valence-electron chi connectivity index (χ3n) is 3.66. The number of carboxylic acids is 1. The molecule has 0 atom stereocenters. The van der Waals surface area contributed by atoms with Crippen molar-refractivity contribution in [3.8, 4) is 0 Å². The molecule has 2 aromatic heterocycles. The largest absolute Gasteiger partial charge is 0.478 e. The van der Waals surface area contributed by atoms with E-state index in [9.17, 15) is 4.79 Å². The van der Waals surface area contributed by atoms with Gasteiger partial charge >= 0.3 is 5.97 Å². The number of aromatic nitrogens is 3. The van der Waals surface area contributed by atoms with E-state index in [1.807, 2.05) is 0 Å². The average molecular weight is 243 g/mol. The standard InChI is InChI=1S/C13H13N3O2/c17-13(18)8-5-10-12(14-6-8)16(9-3-4-9)11(15-10)7-1-2-7/h5-7,9H,1-4H2,(H,17,18). The van der Waals surface area contributed by atoms with E-state index < -0.39 is 5.97 Å². The van der Waals surface area contributed by atoms with Gasteiger partial charge in [0.15, 0.2) is 5.65 Å². The molecule has 5 nitrogen and oxygen atoms in total. The highest BCUT2D eigenvalue weighted by atomic mass is 16.4. The van der Waals surface area contributed by atoms with Crippen LogP contribution < -0.4 is 0 Å². The van der Waals surface area contributed by atoms with Crippen molar-refractivity contribution in [2.75, 3.05) is 0 Å². The summed E-state index contributed by atoms with van der Waals surface area (Å²) in [6.45, 7) is 0. The highest BCUT2D eigenvalue weighted by molar-refractivity contribution is 5.91. The number of rotatable bonds is 3. The van der Waals surface area contributed by atoms with Crippen molar-refractivity contribution in [2.24, 2.45) is 0 Å². The lowest BCUT2D eigenvalue weighted by molar-refractivity contribution is 0.0696. The Morgan fingerprint density at radius 1 is 1.33 bits per heavy atom. The number of imidazole rings is 1. The van der Waals surface area contributed by atoms with Crippen LogP contribution in [0.3, 0.4) is 0 Å². The molecule has 0 amide bonds. The monoisotopic (exact) mass is 243 g/mol. The number of carboxylic acid groups (broad SMARTS) is 1. The molecule has 0 spiro atoms. The Bertz CT molecular complexity index is 654. The second-order valence-electron chi connectivity index (χ2n) is 5.22. The Hall–Kier alpha value is -1.91. The second kappa shape index (κ2) is 3.31. The number of carbonyl (C=O) groups is 1. The van der Waals surface area contributed by atoms with Gasteiger partial charge in [0.05, 0.1) is 5.56 Å². The van der Waals surface area contributed by atoms with Gasteiger partial charge in [-0.15, -0.1) is 0 Å². The summed E-state index contributed by atoms with van der Waals surface area (Å²) in [6.07, 6.45) is 6.20. The fourth-order valence-corrected chi connectivity index (χ4v) is 2.44. The Morgan fingerprint density at radius 3 is 2.72 bits per heavy atom. The van der Waals surface area contributed by atoms with Gasteiger partial charge in [0.25, 0.3) is 0 Å². The van der Waals surface area contributed by atoms with E-state index in [-0.39, 0.29) is 5.56 Å². The molecule has 2 fully saturated rings. The van der Waals surface area contributed by atoms with E-state index in [1.54, 1.807) is 6.07 Å². The van der Waals surface area contributed by atoms with Crippen LogP contribution >= 0.6 is 0 Å². The summed E-state index contributed by atoms with van der Waals surface area (Å²) in [5.74, 6) is 0.731. The summed E-state index contributed by atoms with van der Waals surface area (Å²) in [4.78, 5) is 19.9. The van der Waals surface area contributed by atoms with Gasteiger partial charge in [0, 0.05) is 18.2 Å². The molecule has 0 unspecified atom stereocenters. The van der Waals surface area contributed by atoms with Crippen LogP contribution in [0.5, 0.6) is 0 Å². The number of hydrogen-bond donors (Lipinski definition) is 1. The number of hydrogen-bond acceptors (Lipinski definition) is 3. The molecule has 1 N–H and O–H groups in total. The first-order valence-corrected chi connectivity index (χ1v) is 6.35. The Balaban J connectivity index is 1.94. The van der Waals surface area contributed by atoms with E-state index in [4.69, 9.17) is 5.11 Å². The van der Waals surface area contributed by atoms with Crippen LogP contribution in [0.25, 0.3) is 11.2 Å². The molecule has 0 bridgehead atoms. The van der Waals surface area contributed by atoms with Crippen LogP contribution in [0, 0.1) is 0 Å². The molecule has 18 heavy (non-hydrogen) atoms. The van der Waals surface area contributed by atoms with Gasteiger partial charge in [-0.05, 0) is 31.7 Å². The fraction of sp³-hybridized carbons (Fsp3) is 0.462. The van der Waals surface area contributed by atoms with Crippen molar-refractivity contribution in [3.05, 3.63) is 23.7 Å². The minimum Gasteiger partial charge on any atom is -0.478 e. The highest BCUT2D eigenvalue weighted by Gasteiger charge is 2.35. The number of fused-ring (bicyclic) bond motifs is 1. The average Bonchev–Trinajstić information content (AvgIpc) is 3.24. The summed E-state index contributed by atoms with van der Waals surface area (Å²) in [5, 5.41) is 8.99. The van der Waals surface area contributed by atoms with Crippen LogP contribution in [-0.2, 0) is 0 Å². The molecule has 0 saturated heterocycles. The molecule has 0 aromatic carbocycles. The molecule has 2 aliphatic rings. The van der Waals surface area contributed by atoms with E-state index in [2.05, 4.69) is 14.5 Å². The Labute approximate surface area is 103 Å². The molecule has 92 valence electrons. The van der Waals surface area contributed by atoms with Gasteiger partial charge in [0.2, 0.25) is 0 Å². The molecule has 2 aromatic rings. The maximum Gasteiger partial charge on any atom is 0.337 e. The van der Waals surface area contributed by atoms with E-state index in [1.165, 1.54) is 31.9 Å². The first kappa shape index (κ1) is 10.1. The first-order chi connectivity index (χ1) is 8.74. The summed E-state index contributed by atoms with van der Waals surface area (Å²) in [6, 6.07) is 2.17. The molecule has 2 saturated carbocycles. The highest BCUT2D eigenvalue weighted by Crippen LogP contribution is 2.46. The zero-order chi connectivity index (χ0) is 12.3. The van der Waals surface area contributed by atoms with E-state index >= 15 is 0 Å². The van der Waals surface area contributed by atoms with E-state index in [0.29, 0.717) is 12.0 Å². The van der Waals surface area contributed by atoms with Crippen LogP contribution in [0.2, 0.25) is 0 Å². The summed E-state index contributed by atoms with van der Waals surface area (Å²) >= 11 is 0. The van der Waals surface area contributed by atoms with Crippen LogP contribution in [0.15, 0.2) is 12.3 Å². The minimum absolute atomic E-state index is 0.213. The van der Waals surface area contributed by atoms with Gasteiger partial charge < -0.3 is 9.67 Å². The molecule has 5 heteroatoms. The van der Waals surface area contributed by atoms with Crippen molar-refractivity contribution >= 4 is 17.1 Å². The van der Waals surface area contributed by atoms with E-state index in [0.717, 1.165) is 17.0 Å². The topological polar surface area (TPSA) is 68.0 Å². The first-order valence-electron chi connectivity index (χ1n) is 6.35. The molecule has 2 heterocycles. The van der Waals surface area contributed by atoms with Gasteiger partial charge in [0.1, 0.15) is 11.3 Å². The number of aromatic carboxylic acids is 1. The van der Waals surface area contributed by atoms with Gasteiger partial charge in [-0.25, -0.2) is 14.8 Å². The normalized spacial score (nSPS) is 19.3. The Kier molecular flexibility index (Phi) is 1.85. The van der Waals surface area contributed by atoms with Crippen LogP contribution in [0.1, 0.15) is 53.8 Å². The second-order valence-corrected chi connectivity index (χ2v) is 5.22. The zero-order valence-electron chi connectivity index (χ0n) is 9.83. The van der Waals surface area contributed by atoms with Crippen molar-refractivity contribution in [1.29, 1.82) is 0 Å². The summed E-state index contributed by atoms with van der Waals surface area (Å²) < 4.78 is 2.23. The number of pyridine rings is 1. The lowest BCUT2D eigenvalue weighted by Crippen LogP contribution is -2.01. The van der Waals surface area contributed by atoms with Crippen LogP contribution in [0.4, 0.5) is 0 Å². The minimum atomic E-state index is -0.946. The zero-order valence-corrected chi connectivity index (χ0v) is 9.83. The molecule has 2 aliphatic carbocycles. The molecular weight excluding hydrogens is 230 g/mol. The molecular formula is C13H13N3O2. The Morgan fingerprint density at radius 2 is 2.11 bits per heavy atom. The third kappa shape index (κ3) is 1.43. The van der Waals surface area contributed by atoms with Crippen molar-refractivity contribution < 1.29 is 9.90 Å². The number of nitrogens with zero attached hydrogens (tertiary/aromatic N) is 3. The predicted molar refractivity (Wildman–Crippen MR) is 64.7 cm³/mol. The summed E-state index contributed by atoms with van der Waals surface area (Å²) in [7, 11) is 0. The molecule has 4 rings (SSSR count). The SMILES string of the molecule is O=C(O)c1cnc2c(c1)nc(C1CC1)n2C1CC1. The van der Waals surface area contributed by atoms with Gasteiger partial charge in [-0.3, -0.25) is 0 Å². The smallest absolute Gasteiger partial charge is 0.337 e. The maximum absolute atomic E-state index is 11.0. The lowest BCUT2D eigenvalue weighted by atomic mass is 10.3. The fourth-order valence-electron chi connectivity index (χ4n) is 2.44. The predicted octanol–water partition coefficient (Wildman–Crippen LogP) is 2.34. The summed E-state index contributed by atoms with van der Waals surface area (Å²) in [5.41, 5.74) is 1.79. The molecule has 0 aliphatic heterocycles. The molecule has 0 radical (unpaired) electrons. The van der Waals surface area contributed by atoms with Crippen molar-refractivity contribution in [1.82, 2.24) is 14.5 Å². The third-order valence-corrected chi connectivity index (χ3v) is 3.66. The van der Waals surface area contributed by atoms with Gasteiger partial charge in [-0.2, -0.15) is 0 Å².